The van der Waals surface area contributed by atoms with E-state index in [4.69, 9.17) is 0 Å². The molecule has 0 unspecified atom stereocenters. The van der Waals surface area contributed by atoms with Crippen LogP contribution in [0.2, 0.25) is 0 Å². The lowest BCUT2D eigenvalue weighted by molar-refractivity contribution is 0.562. The molecule has 0 amide bonds. The van der Waals surface area contributed by atoms with Gasteiger partial charge in [0.25, 0.3) is 0 Å². The van der Waals surface area contributed by atoms with E-state index >= 15 is 0 Å². The fourth-order valence-corrected chi connectivity index (χ4v) is 1.69. The van der Waals surface area contributed by atoms with Gasteiger partial charge in [-0.2, -0.15) is 5.10 Å². The SMILES string of the molecule is CCn1ncnc1CNCCNS(C)(=O)=O. The van der Waals surface area contributed by atoms with Gasteiger partial charge in [0.2, 0.25) is 10.0 Å². The van der Waals surface area contributed by atoms with Crippen molar-refractivity contribution in [2.24, 2.45) is 0 Å². The van der Waals surface area contributed by atoms with Crippen molar-refractivity contribution in [2.45, 2.75) is 20.0 Å². The lowest BCUT2D eigenvalue weighted by Gasteiger charge is -2.05. The number of sulfonamides is 1. The molecule has 0 saturated carbocycles. The Balaban J connectivity index is 2.21. The molecule has 1 heterocycles. The maximum atomic E-state index is 10.8. The van der Waals surface area contributed by atoms with Crippen LogP contribution < -0.4 is 10.0 Å². The average Bonchev–Trinajstić information content (AvgIpc) is 2.63. The molecule has 0 radical (unpaired) electrons. The van der Waals surface area contributed by atoms with Gasteiger partial charge in [-0.25, -0.2) is 22.8 Å². The minimum atomic E-state index is -3.09. The van der Waals surface area contributed by atoms with E-state index in [1.54, 1.807) is 4.68 Å². The van der Waals surface area contributed by atoms with Crippen LogP contribution in [0.5, 0.6) is 0 Å². The molecular formula is C8H17N5O2S. The van der Waals surface area contributed by atoms with Crippen molar-refractivity contribution in [3.8, 4) is 0 Å². The fourth-order valence-electron chi connectivity index (χ4n) is 1.21. The van der Waals surface area contributed by atoms with Crippen LogP contribution in [0.15, 0.2) is 6.33 Å². The van der Waals surface area contributed by atoms with Gasteiger partial charge in [-0.3, -0.25) is 0 Å². The van der Waals surface area contributed by atoms with Gasteiger partial charge < -0.3 is 5.32 Å². The van der Waals surface area contributed by atoms with E-state index in [1.807, 2.05) is 6.92 Å². The summed E-state index contributed by atoms with van der Waals surface area (Å²) < 4.78 is 25.7. The van der Waals surface area contributed by atoms with Crippen LogP contribution in [0.3, 0.4) is 0 Å². The van der Waals surface area contributed by atoms with Crippen LogP contribution in [-0.2, 0) is 23.1 Å². The smallest absolute Gasteiger partial charge is 0.208 e. The lowest BCUT2D eigenvalue weighted by atomic mass is 10.5. The summed E-state index contributed by atoms with van der Waals surface area (Å²) in [5, 5.41) is 7.11. The van der Waals surface area contributed by atoms with Crippen molar-refractivity contribution in [1.82, 2.24) is 24.8 Å². The van der Waals surface area contributed by atoms with Gasteiger partial charge in [0.05, 0.1) is 12.8 Å². The number of nitrogens with one attached hydrogen (secondary N) is 2. The first-order valence-corrected chi connectivity index (χ1v) is 6.94. The van der Waals surface area contributed by atoms with Gasteiger partial charge in [-0.05, 0) is 6.92 Å². The Labute approximate surface area is 95.3 Å². The second kappa shape index (κ2) is 5.92. The summed E-state index contributed by atoms with van der Waals surface area (Å²) in [6.45, 7) is 4.28. The molecule has 1 aromatic heterocycles. The molecule has 8 heteroatoms. The van der Waals surface area contributed by atoms with Crippen molar-refractivity contribution < 1.29 is 8.42 Å². The summed E-state index contributed by atoms with van der Waals surface area (Å²) in [7, 11) is -3.09. The molecule has 0 aliphatic heterocycles. The molecule has 0 atom stereocenters. The fraction of sp³-hybridized carbons (Fsp3) is 0.750. The number of nitrogens with zero attached hydrogens (tertiary/aromatic N) is 3. The molecule has 92 valence electrons. The van der Waals surface area contributed by atoms with Gasteiger partial charge in [-0.1, -0.05) is 0 Å². The Morgan fingerprint density at radius 2 is 2.19 bits per heavy atom. The van der Waals surface area contributed by atoms with Gasteiger partial charge in [0, 0.05) is 19.6 Å². The van der Waals surface area contributed by atoms with Crippen molar-refractivity contribution in [1.29, 1.82) is 0 Å². The lowest BCUT2D eigenvalue weighted by Crippen LogP contribution is -2.31. The first kappa shape index (κ1) is 13.1. The zero-order valence-corrected chi connectivity index (χ0v) is 10.3. The van der Waals surface area contributed by atoms with E-state index in [-0.39, 0.29) is 0 Å². The van der Waals surface area contributed by atoms with Gasteiger partial charge in [0.1, 0.15) is 12.2 Å². The first-order valence-electron chi connectivity index (χ1n) is 5.05. The Bertz CT molecular complexity index is 414. The molecule has 0 bridgehead atoms. The molecule has 0 aliphatic carbocycles. The highest BCUT2D eigenvalue weighted by molar-refractivity contribution is 7.88. The number of aryl methyl sites for hydroxylation is 1. The van der Waals surface area contributed by atoms with Crippen molar-refractivity contribution in [3.05, 3.63) is 12.2 Å². The van der Waals surface area contributed by atoms with E-state index in [2.05, 4.69) is 20.1 Å². The highest BCUT2D eigenvalue weighted by atomic mass is 32.2. The second-order valence-electron chi connectivity index (χ2n) is 3.34. The molecule has 1 aromatic rings. The summed E-state index contributed by atoms with van der Waals surface area (Å²) in [5.74, 6) is 0.849. The van der Waals surface area contributed by atoms with Crippen LogP contribution in [-0.4, -0.2) is 42.5 Å². The highest BCUT2D eigenvalue weighted by Gasteiger charge is 2.02. The summed E-state index contributed by atoms with van der Waals surface area (Å²) in [6, 6.07) is 0. The minimum absolute atomic E-state index is 0.374. The van der Waals surface area contributed by atoms with Gasteiger partial charge >= 0.3 is 0 Å². The number of rotatable bonds is 7. The summed E-state index contributed by atoms with van der Waals surface area (Å²) in [6.07, 6.45) is 2.65. The normalized spacial score (nSPS) is 11.9. The molecule has 0 aromatic carbocycles. The molecule has 0 aliphatic rings. The Kier molecular flexibility index (Phi) is 4.84. The Hall–Kier alpha value is -0.990. The van der Waals surface area contributed by atoms with E-state index in [0.717, 1.165) is 18.6 Å². The largest absolute Gasteiger partial charge is 0.309 e. The summed E-state index contributed by atoms with van der Waals surface area (Å²) in [4.78, 5) is 4.08. The van der Waals surface area contributed by atoms with E-state index < -0.39 is 10.0 Å². The number of hydrogen-bond acceptors (Lipinski definition) is 5. The quantitative estimate of drug-likeness (QED) is 0.599. The number of hydrogen-bond donors (Lipinski definition) is 2. The monoisotopic (exact) mass is 247 g/mol. The molecule has 0 spiro atoms. The molecule has 2 N–H and O–H groups in total. The van der Waals surface area contributed by atoms with E-state index in [0.29, 0.717) is 19.6 Å². The average molecular weight is 247 g/mol. The zero-order valence-electron chi connectivity index (χ0n) is 9.47. The first-order chi connectivity index (χ1) is 7.53. The van der Waals surface area contributed by atoms with Gasteiger partial charge in [-0.15, -0.1) is 0 Å². The molecule has 1 rings (SSSR count). The molecule has 0 fully saturated rings. The summed E-state index contributed by atoms with van der Waals surface area (Å²) >= 11 is 0. The predicted octanol–water partition coefficient (Wildman–Crippen LogP) is -1.06. The Morgan fingerprint density at radius 1 is 1.44 bits per heavy atom. The van der Waals surface area contributed by atoms with Crippen LogP contribution in [0.25, 0.3) is 0 Å². The van der Waals surface area contributed by atoms with Crippen LogP contribution in [0.1, 0.15) is 12.7 Å². The summed E-state index contributed by atoms with van der Waals surface area (Å²) in [5.41, 5.74) is 0. The third-order valence-corrected chi connectivity index (χ3v) is 2.67. The molecule has 7 nitrogen and oxygen atoms in total. The van der Waals surface area contributed by atoms with Crippen molar-refractivity contribution in [3.63, 3.8) is 0 Å². The second-order valence-corrected chi connectivity index (χ2v) is 5.17. The van der Waals surface area contributed by atoms with E-state index in [9.17, 15) is 8.42 Å². The maximum absolute atomic E-state index is 10.8. The minimum Gasteiger partial charge on any atom is -0.309 e. The zero-order chi connectivity index (χ0) is 12.0. The number of aromatic nitrogens is 3. The van der Waals surface area contributed by atoms with Crippen LogP contribution in [0, 0.1) is 0 Å². The maximum Gasteiger partial charge on any atom is 0.208 e. The third-order valence-electron chi connectivity index (χ3n) is 1.94. The molecule has 0 saturated heterocycles. The molecular weight excluding hydrogens is 230 g/mol. The van der Waals surface area contributed by atoms with E-state index in [1.165, 1.54) is 6.33 Å². The topological polar surface area (TPSA) is 88.9 Å². The third kappa shape index (κ3) is 4.69. The van der Waals surface area contributed by atoms with Crippen LogP contribution >= 0.6 is 0 Å². The standard InChI is InChI=1S/C8H17N5O2S/c1-3-13-8(10-7-11-13)6-9-4-5-12-16(2,14)15/h7,9,12H,3-6H2,1-2H3. The predicted molar refractivity (Wildman–Crippen MR) is 60.2 cm³/mol. The Morgan fingerprint density at radius 3 is 2.81 bits per heavy atom. The van der Waals surface area contributed by atoms with Crippen LogP contribution in [0.4, 0.5) is 0 Å². The van der Waals surface area contributed by atoms with Crippen molar-refractivity contribution >= 4 is 10.0 Å². The van der Waals surface area contributed by atoms with Gasteiger partial charge in [0.15, 0.2) is 0 Å². The highest BCUT2D eigenvalue weighted by Crippen LogP contribution is 1.92. The molecule has 16 heavy (non-hydrogen) atoms. The van der Waals surface area contributed by atoms with Crippen molar-refractivity contribution in [2.75, 3.05) is 19.3 Å².